The first kappa shape index (κ1) is 21.7. The van der Waals surface area contributed by atoms with Crippen LogP contribution in [-0.2, 0) is 14.8 Å². The molecule has 0 atom stereocenters. The van der Waals surface area contributed by atoms with Gasteiger partial charge in [-0.2, -0.15) is 9.57 Å². The van der Waals surface area contributed by atoms with Crippen LogP contribution in [0.3, 0.4) is 0 Å². The maximum Gasteiger partial charge on any atom is 0.243 e. The first-order valence-electron chi connectivity index (χ1n) is 9.54. The molecule has 1 aliphatic rings. The van der Waals surface area contributed by atoms with Gasteiger partial charge in [-0.25, -0.2) is 17.8 Å². The molecule has 2 heterocycles. The predicted molar refractivity (Wildman–Crippen MR) is 108 cm³/mol. The van der Waals surface area contributed by atoms with Crippen molar-refractivity contribution in [1.29, 1.82) is 5.26 Å². The lowest BCUT2D eigenvalue weighted by molar-refractivity contribution is -0.126. The number of carbonyl (C=O) groups excluding carboxylic acids is 1. The molecule has 2 N–H and O–H groups in total. The summed E-state index contributed by atoms with van der Waals surface area (Å²) in [5.41, 5.74) is 0.429. The molecule has 1 fully saturated rings. The molecule has 1 aromatic carbocycles. The summed E-state index contributed by atoms with van der Waals surface area (Å²) in [7, 11) is -3.69. The molecule has 10 heteroatoms. The highest BCUT2D eigenvalue weighted by atomic mass is 32.2. The van der Waals surface area contributed by atoms with Gasteiger partial charge >= 0.3 is 0 Å². The largest absolute Gasteiger partial charge is 0.367 e. The monoisotopic (exact) mass is 431 g/mol. The Labute approximate surface area is 174 Å². The van der Waals surface area contributed by atoms with Gasteiger partial charge in [-0.1, -0.05) is 0 Å². The zero-order valence-electron chi connectivity index (χ0n) is 16.2. The number of hydrogen-bond donors (Lipinski definition) is 2. The molecular weight excluding hydrogens is 409 g/mol. The Morgan fingerprint density at radius 3 is 2.57 bits per heavy atom. The Morgan fingerprint density at radius 2 is 1.90 bits per heavy atom. The van der Waals surface area contributed by atoms with Crippen LogP contribution in [0, 0.1) is 23.1 Å². The Bertz CT molecular complexity index is 1030. The number of nitrogens with zero attached hydrogens (tertiary/aromatic N) is 3. The number of anilines is 1. The van der Waals surface area contributed by atoms with Crippen molar-refractivity contribution in [1.82, 2.24) is 14.6 Å². The van der Waals surface area contributed by atoms with Gasteiger partial charge in [-0.05, 0) is 49.2 Å². The fraction of sp³-hybridized carbons (Fsp3) is 0.350. The maximum absolute atomic E-state index is 13.0. The highest BCUT2D eigenvalue weighted by molar-refractivity contribution is 7.89. The molecule has 1 aromatic heterocycles. The highest BCUT2D eigenvalue weighted by Crippen LogP contribution is 2.24. The molecule has 3 rings (SSSR count). The molecule has 8 nitrogen and oxygen atoms in total. The van der Waals surface area contributed by atoms with Gasteiger partial charge in [0.1, 0.15) is 17.7 Å². The zero-order valence-corrected chi connectivity index (χ0v) is 17.0. The van der Waals surface area contributed by atoms with Crippen LogP contribution in [0.15, 0.2) is 47.5 Å². The standard InChI is InChI=1S/C20H22FN5O3S/c21-17-3-5-18(6-4-17)30(28,29)26-12-7-15(8-13-26)20(27)25-11-10-24-19-16(14-22)2-1-9-23-19/h1-6,9,15H,7-8,10-13H2,(H,23,24)(H,25,27). The van der Waals surface area contributed by atoms with E-state index in [-0.39, 0.29) is 29.8 Å². The lowest BCUT2D eigenvalue weighted by Crippen LogP contribution is -2.43. The quantitative estimate of drug-likeness (QED) is 0.645. The fourth-order valence-electron chi connectivity index (χ4n) is 3.26. The molecule has 0 bridgehead atoms. The molecule has 30 heavy (non-hydrogen) atoms. The second kappa shape index (κ2) is 9.65. The smallest absolute Gasteiger partial charge is 0.243 e. The van der Waals surface area contributed by atoms with Crippen molar-refractivity contribution in [3.63, 3.8) is 0 Å². The number of nitrogens with one attached hydrogen (secondary N) is 2. The van der Waals surface area contributed by atoms with E-state index >= 15 is 0 Å². The summed E-state index contributed by atoms with van der Waals surface area (Å²) in [5, 5.41) is 14.9. The van der Waals surface area contributed by atoms with Crippen LogP contribution in [0.25, 0.3) is 0 Å². The van der Waals surface area contributed by atoms with Gasteiger partial charge in [0.2, 0.25) is 15.9 Å². The highest BCUT2D eigenvalue weighted by Gasteiger charge is 2.31. The van der Waals surface area contributed by atoms with Crippen molar-refractivity contribution >= 4 is 21.7 Å². The van der Waals surface area contributed by atoms with Gasteiger partial charge in [-0.15, -0.1) is 0 Å². The van der Waals surface area contributed by atoms with Gasteiger partial charge in [0.15, 0.2) is 0 Å². The molecular formula is C20H22FN5O3S. The van der Waals surface area contributed by atoms with E-state index in [1.54, 1.807) is 18.3 Å². The first-order valence-corrected chi connectivity index (χ1v) is 11.0. The van der Waals surface area contributed by atoms with Crippen LogP contribution in [-0.4, -0.2) is 49.8 Å². The van der Waals surface area contributed by atoms with E-state index in [2.05, 4.69) is 15.6 Å². The van der Waals surface area contributed by atoms with Crippen LogP contribution < -0.4 is 10.6 Å². The van der Waals surface area contributed by atoms with Gasteiger partial charge in [0, 0.05) is 38.3 Å². The SMILES string of the molecule is N#Cc1cccnc1NCCNC(=O)C1CCN(S(=O)(=O)c2ccc(F)cc2)CC1. The van der Waals surface area contributed by atoms with E-state index in [4.69, 9.17) is 5.26 Å². The van der Waals surface area contributed by atoms with E-state index in [0.717, 1.165) is 12.1 Å². The topological polar surface area (TPSA) is 115 Å². The molecule has 0 aliphatic carbocycles. The number of benzene rings is 1. The molecule has 0 spiro atoms. The molecule has 0 saturated carbocycles. The number of halogens is 1. The van der Waals surface area contributed by atoms with Gasteiger partial charge in [-0.3, -0.25) is 4.79 Å². The van der Waals surface area contributed by atoms with Gasteiger partial charge < -0.3 is 10.6 Å². The van der Waals surface area contributed by atoms with E-state index < -0.39 is 15.8 Å². The molecule has 0 radical (unpaired) electrons. The predicted octanol–water partition coefficient (Wildman–Crippen LogP) is 1.72. The number of piperidine rings is 1. The molecule has 158 valence electrons. The average molecular weight is 431 g/mol. The molecule has 1 amide bonds. The molecule has 1 aliphatic heterocycles. The number of pyridine rings is 1. The van der Waals surface area contributed by atoms with Gasteiger partial charge in [0.05, 0.1) is 10.5 Å². The van der Waals surface area contributed by atoms with E-state index in [1.165, 1.54) is 16.4 Å². The number of nitriles is 1. The molecule has 2 aromatic rings. The second-order valence-electron chi connectivity index (χ2n) is 6.86. The first-order chi connectivity index (χ1) is 14.4. The third kappa shape index (κ3) is 5.11. The summed E-state index contributed by atoms with van der Waals surface area (Å²) >= 11 is 0. The lowest BCUT2D eigenvalue weighted by Gasteiger charge is -2.30. The third-order valence-electron chi connectivity index (χ3n) is 4.92. The minimum atomic E-state index is -3.69. The van der Waals surface area contributed by atoms with Crippen molar-refractivity contribution in [2.45, 2.75) is 17.7 Å². The van der Waals surface area contributed by atoms with E-state index in [1.807, 2.05) is 6.07 Å². The van der Waals surface area contributed by atoms with Gasteiger partial charge in [0.25, 0.3) is 0 Å². The van der Waals surface area contributed by atoms with Crippen molar-refractivity contribution in [3.8, 4) is 6.07 Å². The summed E-state index contributed by atoms with van der Waals surface area (Å²) in [6.45, 7) is 1.23. The van der Waals surface area contributed by atoms with Crippen LogP contribution >= 0.6 is 0 Å². The summed E-state index contributed by atoms with van der Waals surface area (Å²) < 4.78 is 39.7. The number of rotatable bonds is 7. The van der Waals surface area contributed by atoms with Crippen LogP contribution in [0.4, 0.5) is 10.2 Å². The molecule has 0 unspecified atom stereocenters. The van der Waals surface area contributed by atoms with Crippen molar-refractivity contribution < 1.29 is 17.6 Å². The van der Waals surface area contributed by atoms with Crippen LogP contribution in [0.5, 0.6) is 0 Å². The lowest BCUT2D eigenvalue weighted by atomic mass is 9.97. The van der Waals surface area contributed by atoms with Crippen molar-refractivity contribution in [2.75, 3.05) is 31.5 Å². The van der Waals surface area contributed by atoms with Crippen LogP contribution in [0.1, 0.15) is 18.4 Å². The summed E-state index contributed by atoms with van der Waals surface area (Å²) in [6.07, 6.45) is 2.41. The Kier molecular flexibility index (Phi) is 6.97. The van der Waals surface area contributed by atoms with E-state index in [0.29, 0.717) is 37.3 Å². The maximum atomic E-state index is 13.0. The normalized spacial score (nSPS) is 15.3. The third-order valence-corrected chi connectivity index (χ3v) is 6.83. The summed E-state index contributed by atoms with van der Waals surface area (Å²) in [6, 6.07) is 10.1. The second-order valence-corrected chi connectivity index (χ2v) is 8.80. The number of amides is 1. The number of aromatic nitrogens is 1. The summed E-state index contributed by atoms with van der Waals surface area (Å²) in [5.74, 6) is -0.425. The number of carbonyl (C=O) groups is 1. The minimum Gasteiger partial charge on any atom is -0.367 e. The minimum absolute atomic E-state index is 0.0455. The Balaban J connectivity index is 1.45. The fourth-order valence-corrected chi connectivity index (χ4v) is 4.73. The van der Waals surface area contributed by atoms with Crippen molar-refractivity contribution in [3.05, 3.63) is 54.0 Å². The molecule has 1 saturated heterocycles. The zero-order chi connectivity index (χ0) is 21.6. The van der Waals surface area contributed by atoms with E-state index in [9.17, 15) is 17.6 Å². The average Bonchev–Trinajstić information content (AvgIpc) is 2.77. The van der Waals surface area contributed by atoms with Crippen LogP contribution in [0.2, 0.25) is 0 Å². The Hall–Kier alpha value is -3.03. The van der Waals surface area contributed by atoms with Crippen molar-refractivity contribution in [2.24, 2.45) is 5.92 Å². The number of hydrogen-bond acceptors (Lipinski definition) is 6. The Morgan fingerprint density at radius 1 is 1.20 bits per heavy atom. The number of sulfonamides is 1. The summed E-state index contributed by atoms with van der Waals surface area (Å²) in [4.78, 5) is 16.5.